The SMILES string of the molecule is CC(C)NCc1cc(Cn2cnc3ccccc32)on1. The number of nitrogens with zero attached hydrogens (tertiary/aromatic N) is 3. The van der Waals surface area contributed by atoms with Crippen LogP contribution in [0.15, 0.2) is 41.2 Å². The quantitative estimate of drug-likeness (QED) is 0.774. The van der Waals surface area contributed by atoms with Gasteiger partial charge in [0.15, 0.2) is 5.76 Å². The average Bonchev–Trinajstić information content (AvgIpc) is 3.05. The highest BCUT2D eigenvalue weighted by Gasteiger charge is 2.07. The molecule has 0 radical (unpaired) electrons. The first-order chi connectivity index (χ1) is 9.72. The summed E-state index contributed by atoms with van der Waals surface area (Å²) in [6.45, 7) is 5.60. The van der Waals surface area contributed by atoms with Crippen molar-refractivity contribution >= 4 is 11.0 Å². The van der Waals surface area contributed by atoms with Crippen molar-refractivity contribution in [3.8, 4) is 0 Å². The van der Waals surface area contributed by atoms with E-state index in [1.165, 1.54) is 0 Å². The van der Waals surface area contributed by atoms with Gasteiger partial charge in [-0.3, -0.25) is 0 Å². The molecular formula is C15H18N4O. The molecule has 0 bridgehead atoms. The minimum absolute atomic E-state index is 0.438. The van der Waals surface area contributed by atoms with Crippen molar-refractivity contribution in [3.63, 3.8) is 0 Å². The maximum Gasteiger partial charge on any atom is 0.156 e. The molecule has 1 N–H and O–H groups in total. The van der Waals surface area contributed by atoms with E-state index in [2.05, 4.69) is 39.9 Å². The Balaban J connectivity index is 1.74. The van der Waals surface area contributed by atoms with E-state index in [-0.39, 0.29) is 0 Å². The summed E-state index contributed by atoms with van der Waals surface area (Å²) in [5.74, 6) is 0.841. The van der Waals surface area contributed by atoms with Crippen molar-refractivity contribution in [1.82, 2.24) is 20.0 Å². The average molecular weight is 270 g/mol. The Morgan fingerprint density at radius 1 is 1.30 bits per heavy atom. The van der Waals surface area contributed by atoms with Gasteiger partial charge >= 0.3 is 0 Å². The van der Waals surface area contributed by atoms with Gasteiger partial charge < -0.3 is 14.4 Å². The highest BCUT2D eigenvalue weighted by atomic mass is 16.5. The van der Waals surface area contributed by atoms with Crippen LogP contribution in [0.3, 0.4) is 0 Å². The summed E-state index contributed by atoms with van der Waals surface area (Å²) in [5, 5.41) is 7.40. The van der Waals surface area contributed by atoms with Gasteiger partial charge in [0, 0.05) is 18.7 Å². The van der Waals surface area contributed by atoms with E-state index in [0.29, 0.717) is 12.6 Å². The molecule has 1 aromatic carbocycles. The van der Waals surface area contributed by atoms with Crippen molar-refractivity contribution in [2.24, 2.45) is 0 Å². The summed E-state index contributed by atoms with van der Waals surface area (Å²) in [6.07, 6.45) is 1.83. The van der Waals surface area contributed by atoms with Gasteiger partial charge in [-0.25, -0.2) is 4.98 Å². The summed E-state index contributed by atoms with van der Waals surface area (Å²) in [5.41, 5.74) is 3.03. The number of aromatic nitrogens is 3. The normalized spacial score (nSPS) is 11.6. The maximum absolute atomic E-state index is 5.38. The van der Waals surface area contributed by atoms with Crippen molar-refractivity contribution in [2.45, 2.75) is 33.0 Å². The molecule has 0 unspecified atom stereocenters. The fraction of sp³-hybridized carbons (Fsp3) is 0.333. The molecule has 104 valence electrons. The first-order valence-corrected chi connectivity index (χ1v) is 6.80. The van der Waals surface area contributed by atoms with Crippen LogP contribution in [-0.2, 0) is 13.1 Å². The Bertz CT molecular complexity index is 699. The van der Waals surface area contributed by atoms with Gasteiger partial charge in [0.05, 0.1) is 29.6 Å². The highest BCUT2D eigenvalue weighted by molar-refractivity contribution is 5.74. The third kappa shape index (κ3) is 2.72. The lowest BCUT2D eigenvalue weighted by Crippen LogP contribution is -2.21. The van der Waals surface area contributed by atoms with Crippen molar-refractivity contribution in [3.05, 3.63) is 48.1 Å². The van der Waals surface area contributed by atoms with E-state index in [4.69, 9.17) is 4.52 Å². The molecule has 0 saturated carbocycles. The van der Waals surface area contributed by atoms with Crippen molar-refractivity contribution in [2.75, 3.05) is 0 Å². The van der Waals surface area contributed by atoms with Crippen LogP contribution in [0.1, 0.15) is 25.3 Å². The van der Waals surface area contributed by atoms with Gasteiger partial charge in [-0.15, -0.1) is 0 Å². The minimum Gasteiger partial charge on any atom is -0.359 e. The molecule has 0 saturated heterocycles. The number of benzene rings is 1. The highest BCUT2D eigenvalue weighted by Crippen LogP contribution is 2.14. The number of nitrogens with one attached hydrogen (secondary N) is 1. The number of para-hydroxylation sites is 2. The van der Waals surface area contributed by atoms with Gasteiger partial charge in [0.25, 0.3) is 0 Å². The lowest BCUT2D eigenvalue weighted by molar-refractivity contribution is 0.369. The molecule has 5 nitrogen and oxygen atoms in total. The molecule has 5 heteroatoms. The van der Waals surface area contributed by atoms with Gasteiger partial charge in [0.2, 0.25) is 0 Å². The molecule has 0 amide bonds. The zero-order valence-corrected chi connectivity index (χ0v) is 11.7. The van der Waals surface area contributed by atoms with E-state index in [0.717, 1.165) is 29.0 Å². The van der Waals surface area contributed by atoms with E-state index < -0.39 is 0 Å². The number of imidazole rings is 1. The largest absolute Gasteiger partial charge is 0.359 e. The fourth-order valence-corrected chi connectivity index (χ4v) is 2.13. The molecule has 0 fully saturated rings. The predicted molar refractivity (Wildman–Crippen MR) is 77.3 cm³/mol. The molecule has 0 aliphatic heterocycles. The van der Waals surface area contributed by atoms with Crippen LogP contribution >= 0.6 is 0 Å². The van der Waals surface area contributed by atoms with Gasteiger partial charge in [-0.05, 0) is 12.1 Å². The van der Waals surface area contributed by atoms with Gasteiger partial charge in [-0.1, -0.05) is 31.1 Å². The molecule has 20 heavy (non-hydrogen) atoms. The molecule has 3 aromatic rings. The summed E-state index contributed by atoms with van der Waals surface area (Å²) in [7, 11) is 0. The molecule has 0 atom stereocenters. The maximum atomic E-state index is 5.38. The second kappa shape index (κ2) is 5.46. The Kier molecular flexibility index (Phi) is 3.52. The van der Waals surface area contributed by atoms with E-state index in [1.54, 1.807) is 0 Å². The second-order valence-electron chi connectivity index (χ2n) is 5.18. The van der Waals surface area contributed by atoms with Gasteiger partial charge in [0.1, 0.15) is 0 Å². The monoisotopic (exact) mass is 270 g/mol. The zero-order valence-electron chi connectivity index (χ0n) is 11.7. The van der Waals surface area contributed by atoms with Gasteiger partial charge in [-0.2, -0.15) is 0 Å². The Morgan fingerprint density at radius 3 is 3.00 bits per heavy atom. The summed E-state index contributed by atoms with van der Waals surface area (Å²) in [4.78, 5) is 4.37. The van der Waals surface area contributed by atoms with Crippen LogP contribution in [0.25, 0.3) is 11.0 Å². The zero-order chi connectivity index (χ0) is 13.9. The molecule has 0 spiro atoms. The Labute approximate surface area is 117 Å². The topological polar surface area (TPSA) is 55.9 Å². The first-order valence-electron chi connectivity index (χ1n) is 6.80. The third-order valence-corrected chi connectivity index (χ3v) is 3.15. The number of fused-ring (bicyclic) bond motifs is 1. The van der Waals surface area contributed by atoms with E-state index >= 15 is 0 Å². The van der Waals surface area contributed by atoms with Crippen LogP contribution < -0.4 is 5.32 Å². The third-order valence-electron chi connectivity index (χ3n) is 3.15. The van der Waals surface area contributed by atoms with E-state index in [1.807, 2.05) is 30.6 Å². The summed E-state index contributed by atoms with van der Waals surface area (Å²) >= 11 is 0. The minimum atomic E-state index is 0.438. The van der Waals surface area contributed by atoms with Crippen LogP contribution in [0, 0.1) is 0 Å². The second-order valence-corrected chi connectivity index (χ2v) is 5.18. The number of hydrogen-bond donors (Lipinski definition) is 1. The molecule has 2 aromatic heterocycles. The van der Waals surface area contributed by atoms with Crippen molar-refractivity contribution in [1.29, 1.82) is 0 Å². The lowest BCUT2D eigenvalue weighted by Gasteiger charge is -2.03. The number of rotatable bonds is 5. The first kappa shape index (κ1) is 12.9. The van der Waals surface area contributed by atoms with Crippen LogP contribution in [0.2, 0.25) is 0 Å². The molecule has 0 aliphatic rings. The van der Waals surface area contributed by atoms with E-state index in [9.17, 15) is 0 Å². The van der Waals surface area contributed by atoms with Crippen LogP contribution in [-0.4, -0.2) is 20.7 Å². The van der Waals surface area contributed by atoms with Crippen LogP contribution in [0.5, 0.6) is 0 Å². The lowest BCUT2D eigenvalue weighted by atomic mass is 10.3. The number of hydrogen-bond acceptors (Lipinski definition) is 4. The fourth-order valence-electron chi connectivity index (χ4n) is 2.13. The Morgan fingerprint density at radius 2 is 2.15 bits per heavy atom. The summed E-state index contributed by atoms with van der Waals surface area (Å²) in [6, 6.07) is 10.5. The molecular weight excluding hydrogens is 252 g/mol. The molecule has 3 rings (SSSR count). The van der Waals surface area contributed by atoms with Crippen molar-refractivity contribution < 1.29 is 4.52 Å². The molecule has 0 aliphatic carbocycles. The van der Waals surface area contributed by atoms with Crippen LogP contribution in [0.4, 0.5) is 0 Å². The predicted octanol–water partition coefficient (Wildman–Crippen LogP) is 2.57. The molecule has 2 heterocycles. The standard InChI is InChI=1S/C15H18N4O/c1-11(2)16-8-12-7-13(20-18-12)9-19-10-17-14-5-3-4-6-15(14)19/h3-7,10-11,16H,8-9H2,1-2H3. The summed E-state index contributed by atoms with van der Waals surface area (Å²) < 4.78 is 7.45. The Hall–Kier alpha value is -2.14. The smallest absolute Gasteiger partial charge is 0.156 e.